The van der Waals surface area contributed by atoms with Gasteiger partial charge in [-0.2, -0.15) is 11.3 Å². The maximum Gasteiger partial charge on any atom is 0.305 e. The van der Waals surface area contributed by atoms with Crippen LogP contribution in [0.15, 0.2) is 22.2 Å². The molecule has 1 atom stereocenters. The predicted molar refractivity (Wildman–Crippen MR) is 79.0 cm³/mol. The van der Waals surface area contributed by atoms with Crippen LogP contribution in [-0.2, 0) is 16.0 Å². The van der Waals surface area contributed by atoms with E-state index in [4.69, 9.17) is 5.11 Å². The van der Waals surface area contributed by atoms with Crippen LogP contribution in [-0.4, -0.2) is 28.0 Å². The number of hydrogen-bond acceptors (Lipinski definition) is 5. The zero-order chi connectivity index (χ0) is 14.5. The van der Waals surface area contributed by atoms with Gasteiger partial charge in [-0.05, 0) is 18.4 Å². The van der Waals surface area contributed by atoms with Crippen LogP contribution < -0.4 is 5.32 Å². The van der Waals surface area contributed by atoms with E-state index < -0.39 is 5.97 Å². The van der Waals surface area contributed by atoms with Crippen molar-refractivity contribution < 1.29 is 14.7 Å². The van der Waals surface area contributed by atoms with Gasteiger partial charge >= 0.3 is 5.97 Å². The second-order valence-electron chi connectivity index (χ2n) is 4.40. The van der Waals surface area contributed by atoms with Gasteiger partial charge in [-0.15, -0.1) is 11.3 Å². The second-order valence-corrected chi connectivity index (χ2v) is 6.04. The van der Waals surface area contributed by atoms with Gasteiger partial charge in [-0.1, -0.05) is 0 Å². The minimum Gasteiger partial charge on any atom is -0.481 e. The molecule has 0 aliphatic heterocycles. The van der Waals surface area contributed by atoms with E-state index in [2.05, 4.69) is 10.3 Å². The molecular weight excluding hydrogens is 296 g/mol. The van der Waals surface area contributed by atoms with Crippen LogP contribution in [0.3, 0.4) is 0 Å². The molecule has 0 radical (unpaired) electrons. The number of carbonyl (C=O) groups excluding carboxylic acids is 1. The van der Waals surface area contributed by atoms with E-state index in [0.29, 0.717) is 5.69 Å². The molecule has 0 bridgehead atoms. The largest absolute Gasteiger partial charge is 0.481 e. The smallest absolute Gasteiger partial charge is 0.305 e. The number of amides is 1. The summed E-state index contributed by atoms with van der Waals surface area (Å²) in [4.78, 5) is 26.7. The van der Waals surface area contributed by atoms with Crippen molar-refractivity contribution >= 4 is 34.6 Å². The molecule has 0 aliphatic carbocycles. The van der Waals surface area contributed by atoms with Gasteiger partial charge in [0, 0.05) is 22.4 Å². The van der Waals surface area contributed by atoms with Gasteiger partial charge in [0.2, 0.25) is 5.91 Å². The van der Waals surface area contributed by atoms with Gasteiger partial charge in [0.25, 0.3) is 0 Å². The fourth-order valence-corrected chi connectivity index (χ4v) is 3.24. The van der Waals surface area contributed by atoms with Crippen LogP contribution in [0.5, 0.6) is 0 Å². The normalized spacial score (nSPS) is 12.1. The topological polar surface area (TPSA) is 79.3 Å². The van der Waals surface area contributed by atoms with Crippen molar-refractivity contribution in [1.82, 2.24) is 10.3 Å². The van der Waals surface area contributed by atoms with Crippen LogP contribution in [0.2, 0.25) is 0 Å². The number of nitrogens with zero attached hydrogens (tertiary/aromatic N) is 1. The summed E-state index contributed by atoms with van der Waals surface area (Å²) < 4.78 is 0. The van der Waals surface area contributed by atoms with E-state index in [1.165, 1.54) is 11.3 Å². The number of thiophene rings is 1. The van der Waals surface area contributed by atoms with Crippen LogP contribution in [0.1, 0.15) is 19.0 Å². The number of carboxylic acids is 1. The molecule has 1 amide bonds. The highest BCUT2D eigenvalue weighted by atomic mass is 32.1. The Labute approximate surface area is 124 Å². The third-order valence-corrected chi connectivity index (χ3v) is 4.17. The van der Waals surface area contributed by atoms with Gasteiger partial charge in [0.1, 0.15) is 5.01 Å². The molecule has 2 aromatic heterocycles. The maximum atomic E-state index is 11.8. The molecule has 0 aromatic carbocycles. The molecule has 7 heteroatoms. The first-order valence-corrected chi connectivity index (χ1v) is 7.85. The zero-order valence-corrected chi connectivity index (χ0v) is 12.5. The van der Waals surface area contributed by atoms with E-state index >= 15 is 0 Å². The zero-order valence-electron chi connectivity index (χ0n) is 10.8. The van der Waals surface area contributed by atoms with Gasteiger partial charge in [0.05, 0.1) is 18.5 Å². The quantitative estimate of drug-likeness (QED) is 0.858. The highest BCUT2D eigenvalue weighted by Gasteiger charge is 2.13. The van der Waals surface area contributed by atoms with E-state index in [9.17, 15) is 9.59 Å². The van der Waals surface area contributed by atoms with Crippen molar-refractivity contribution in [2.75, 3.05) is 0 Å². The summed E-state index contributed by atoms with van der Waals surface area (Å²) in [5.41, 5.74) is 1.77. The standard InChI is InChI=1S/C13H14N2O3S2/c1-8(4-12(17)18)14-11(16)5-10-7-20-13(15-10)9-2-3-19-6-9/h2-3,6-8H,4-5H2,1H3,(H,14,16)(H,17,18). The molecule has 0 aliphatic rings. The second kappa shape index (κ2) is 6.62. The molecular formula is C13H14N2O3S2. The first-order chi connectivity index (χ1) is 9.54. The Balaban J connectivity index is 1.90. The Morgan fingerprint density at radius 1 is 1.45 bits per heavy atom. The fraction of sp³-hybridized carbons (Fsp3) is 0.308. The van der Waals surface area contributed by atoms with E-state index in [1.54, 1.807) is 18.3 Å². The lowest BCUT2D eigenvalue weighted by molar-refractivity contribution is -0.137. The summed E-state index contributed by atoms with van der Waals surface area (Å²) >= 11 is 3.10. The van der Waals surface area contributed by atoms with Gasteiger partial charge in [-0.25, -0.2) is 4.98 Å². The third-order valence-electron chi connectivity index (χ3n) is 2.55. The molecule has 2 N–H and O–H groups in total. The Morgan fingerprint density at radius 3 is 2.90 bits per heavy atom. The molecule has 0 saturated carbocycles. The Bertz CT molecular complexity index is 593. The van der Waals surface area contributed by atoms with Crippen molar-refractivity contribution in [2.24, 2.45) is 0 Å². The average Bonchev–Trinajstić information content (AvgIpc) is 2.96. The Hall–Kier alpha value is -1.73. The van der Waals surface area contributed by atoms with Gasteiger partial charge in [0.15, 0.2) is 0 Å². The first-order valence-electron chi connectivity index (χ1n) is 6.02. The maximum absolute atomic E-state index is 11.8. The van der Waals surface area contributed by atoms with Crippen molar-refractivity contribution in [3.63, 3.8) is 0 Å². The summed E-state index contributed by atoms with van der Waals surface area (Å²) in [5.74, 6) is -1.13. The minimum atomic E-state index is -0.925. The monoisotopic (exact) mass is 310 g/mol. The summed E-state index contributed by atoms with van der Waals surface area (Å²) in [6.07, 6.45) is 0.0908. The van der Waals surface area contributed by atoms with E-state index in [-0.39, 0.29) is 24.8 Å². The van der Waals surface area contributed by atoms with Crippen LogP contribution >= 0.6 is 22.7 Å². The number of carboxylic acid groups (broad SMARTS) is 1. The molecule has 1 unspecified atom stereocenters. The Morgan fingerprint density at radius 2 is 2.25 bits per heavy atom. The summed E-state index contributed by atoms with van der Waals surface area (Å²) in [5, 5.41) is 18.0. The van der Waals surface area contributed by atoms with Crippen molar-refractivity contribution in [2.45, 2.75) is 25.8 Å². The highest BCUT2D eigenvalue weighted by Crippen LogP contribution is 2.25. The predicted octanol–water partition coefficient (Wildman–Crippen LogP) is 2.39. The van der Waals surface area contributed by atoms with Gasteiger partial charge < -0.3 is 10.4 Å². The number of aliphatic carboxylic acids is 1. The van der Waals surface area contributed by atoms with Crippen LogP contribution in [0.25, 0.3) is 10.6 Å². The lowest BCUT2D eigenvalue weighted by Gasteiger charge is -2.10. The van der Waals surface area contributed by atoms with E-state index in [0.717, 1.165) is 10.6 Å². The Kier molecular flexibility index (Phi) is 4.86. The highest BCUT2D eigenvalue weighted by molar-refractivity contribution is 7.14. The number of nitrogens with one attached hydrogen (secondary N) is 1. The summed E-state index contributed by atoms with van der Waals surface area (Å²) in [7, 11) is 0. The molecule has 2 heterocycles. The lowest BCUT2D eigenvalue weighted by Crippen LogP contribution is -2.35. The van der Waals surface area contributed by atoms with Crippen molar-refractivity contribution in [1.29, 1.82) is 0 Å². The SMILES string of the molecule is CC(CC(=O)O)NC(=O)Cc1csc(-c2ccsc2)n1. The van der Waals surface area contributed by atoms with Crippen LogP contribution in [0, 0.1) is 0 Å². The summed E-state index contributed by atoms with van der Waals surface area (Å²) in [6, 6.07) is 1.61. The van der Waals surface area contributed by atoms with Crippen LogP contribution in [0.4, 0.5) is 0 Å². The first kappa shape index (κ1) is 14.7. The molecule has 2 rings (SSSR count). The molecule has 0 saturated heterocycles. The fourth-order valence-electron chi connectivity index (χ4n) is 1.71. The molecule has 2 aromatic rings. The number of thiazole rings is 1. The molecule has 0 spiro atoms. The minimum absolute atomic E-state index is 0.0804. The van der Waals surface area contributed by atoms with Gasteiger partial charge in [-0.3, -0.25) is 9.59 Å². The lowest BCUT2D eigenvalue weighted by atomic mass is 10.2. The van der Waals surface area contributed by atoms with E-state index in [1.807, 2.05) is 22.2 Å². The third kappa shape index (κ3) is 4.14. The molecule has 5 nitrogen and oxygen atoms in total. The number of aromatic nitrogens is 1. The number of hydrogen-bond donors (Lipinski definition) is 2. The molecule has 20 heavy (non-hydrogen) atoms. The summed E-state index contributed by atoms with van der Waals surface area (Å²) in [6.45, 7) is 1.67. The number of rotatable bonds is 6. The number of carbonyl (C=O) groups is 2. The van der Waals surface area contributed by atoms with Crippen molar-refractivity contribution in [3.8, 4) is 10.6 Å². The molecule has 106 valence electrons. The molecule has 0 fully saturated rings. The average molecular weight is 310 g/mol. The van der Waals surface area contributed by atoms with Crippen molar-refractivity contribution in [3.05, 3.63) is 27.9 Å².